The normalized spacial score (nSPS) is 10.7. The van der Waals surface area contributed by atoms with Gasteiger partial charge in [-0.25, -0.2) is 4.98 Å². The first kappa shape index (κ1) is 15.4. The average Bonchev–Trinajstić information content (AvgIpc) is 2.53. The molecule has 3 aromatic rings. The molecular weight excluding hydrogens is 308 g/mol. The maximum absolute atomic E-state index is 12.3. The Morgan fingerprint density at radius 1 is 1.09 bits per heavy atom. The second-order valence-corrected chi connectivity index (χ2v) is 6.11. The fraction of sp³-hybridized carbons (Fsp3) is 0.111. The second kappa shape index (κ2) is 6.71. The lowest BCUT2D eigenvalue weighted by Gasteiger charge is -2.15. The molecule has 3 rings (SSSR count). The molecule has 0 aliphatic carbocycles. The molecule has 0 atom stereocenters. The molecule has 0 bridgehead atoms. The van der Waals surface area contributed by atoms with E-state index in [0.29, 0.717) is 10.9 Å². The summed E-state index contributed by atoms with van der Waals surface area (Å²) in [4.78, 5) is 16.3. The molecule has 23 heavy (non-hydrogen) atoms. The lowest BCUT2D eigenvalue weighted by Crippen LogP contribution is -2.22. The summed E-state index contributed by atoms with van der Waals surface area (Å²) in [6.45, 7) is 1.96. The number of benzene rings is 2. The van der Waals surface area contributed by atoms with Gasteiger partial charge in [0.05, 0.1) is 5.69 Å². The van der Waals surface area contributed by atoms with E-state index in [-0.39, 0.29) is 5.56 Å². The van der Waals surface area contributed by atoms with E-state index in [9.17, 15) is 9.90 Å². The SMILES string of the molecule is Cc1cccc(-n2c(SCc3ccccc3)nc([O-])cc2=O)c1. The highest BCUT2D eigenvalue weighted by Crippen LogP contribution is 2.23. The second-order valence-electron chi connectivity index (χ2n) is 5.16. The molecule has 1 heterocycles. The predicted molar refractivity (Wildman–Crippen MR) is 90.0 cm³/mol. The third-order valence-electron chi connectivity index (χ3n) is 3.34. The molecule has 0 saturated carbocycles. The highest BCUT2D eigenvalue weighted by Gasteiger charge is 2.09. The lowest BCUT2D eigenvalue weighted by molar-refractivity contribution is -0.276. The monoisotopic (exact) mass is 323 g/mol. The van der Waals surface area contributed by atoms with Crippen molar-refractivity contribution in [3.63, 3.8) is 0 Å². The number of hydrogen-bond acceptors (Lipinski definition) is 4. The van der Waals surface area contributed by atoms with Crippen LogP contribution in [0, 0.1) is 6.92 Å². The van der Waals surface area contributed by atoms with Gasteiger partial charge in [-0.1, -0.05) is 54.2 Å². The van der Waals surface area contributed by atoms with Gasteiger partial charge in [-0.05, 0) is 36.1 Å². The van der Waals surface area contributed by atoms with E-state index in [1.165, 1.54) is 16.3 Å². The first-order chi connectivity index (χ1) is 11.1. The van der Waals surface area contributed by atoms with Gasteiger partial charge < -0.3 is 5.11 Å². The van der Waals surface area contributed by atoms with Crippen LogP contribution in [0.15, 0.2) is 70.6 Å². The summed E-state index contributed by atoms with van der Waals surface area (Å²) in [7, 11) is 0. The van der Waals surface area contributed by atoms with E-state index >= 15 is 0 Å². The Morgan fingerprint density at radius 2 is 1.87 bits per heavy atom. The fourth-order valence-corrected chi connectivity index (χ4v) is 3.23. The van der Waals surface area contributed by atoms with Crippen LogP contribution in [0.5, 0.6) is 5.88 Å². The Balaban J connectivity index is 2.00. The largest absolute Gasteiger partial charge is 0.858 e. The van der Waals surface area contributed by atoms with Crippen molar-refractivity contribution in [2.24, 2.45) is 0 Å². The molecule has 0 aliphatic heterocycles. The summed E-state index contributed by atoms with van der Waals surface area (Å²) in [5.41, 5.74) is 2.52. The van der Waals surface area contributed by atoms with Gasteiger partial charge in [0, 0.05) is 11.8 Å². The molecule has 1 aromatic heterocycles. The zero-order valence-electron chi connectivity index (χ0n) is 12.6. The van der Waals surface area contributed by atoms with Gasteiger partial charge in [0.15, 0.2) is 5.16 Å². The summed E-state index contributed by atoms with van der Waals surface area (Å²) in [6, 6.07) is 18.5. The van der Waals surface area contributed by atoms with Crippen LogP contribution in [-0.4, -0.2) is 9.55 Å². The molecule has 5 heteroatoms. The minimum atomic E-state index is -0.505. The van der Waals surface area contributed by atoms with Crippen LogP contribution < -0.4 is 10.7 Å². The topological polar surface area (TPSA) is 57.9 Å². The summed E-state index contributed by atoms with van der Waals surface area (Å²) >= 11 is 1.38. The Labute approximate surface area is 138 Å². The highest BCUT2D eigenvalue weighted by atomic mass is 32.2. The van der Waals surface area contributed by atoms with Crippen LogP contribution in [0.25, 0.3) is 5.69 Å². The third kappa shape index (κ3) is 3.63. The first-order valence-electron chi connectivity index (χ1n) is 7.18. The summed E-state index contributed by atoms with van der Waals surface area (Å²) in [5.74, 6) is 0.136. The van der Waals surface area contributed by atoms with Crippen molar-refractivity contribution in [2.45, 2.75) is 17.8 Å². The van der Waals surface area contributed by atoms with Crippen molar-refractivity contribution >= 4 is 11.8 Å². The van der Waals surface area contributed by atoms with Crippen molar-refractivity contribution in [1.82, 2.24) is 9.55 Å². The fourth-order valence-electron chi connectivity index (χ4n) is 2.26. The standard InChI is InChI=1S/C18H16N2O2S/c1-13-6-5-9-15(10-13)20-17(22)11-16(21)19-18(20)23-12-14-7-3-2-4-8-14/h2-11,21H,12H2,1H3/p-1. The zero-order chi connectivity index (χ0) is 16.2. The number of aryl methyl sites for hydroxylation is 1. The summed E-state index contributed by atoms with van der Waals surface area (Å²) < 4.78 is 1.49. The van der Waals surface area contributed by atoms with E-state index in [4.69, 9.17) is 0 Å². The Hall–Kier alpha value is -2.53. The molecule has 0 spiro atoms. The molecule has 0 N–H and O–H groups in total. The molecule has 0 amide bonds. The van der Waals surface area contributed by atoms with Gasteiger partial charge in [-0.15, -0.1) is 0 Å². The van der Waals surface area contributed by atoms with E-state index < -0.39 is 5.88 Å². The molecule has 0 radical (unpaired) electrons. The van der Waals surface area contributed by atoms with Crippen molar-refractivity contribution in [3.8, 4) is 11.6 Å². The first-order valence-corrected chi connectivity index (χ1v) is 8.17. The van der Waals surface area contributed by atoms with Gasteiger partial charge in [-0.2, -0.15) is 0 Å². The maximum atomic E-state index is 12.3. The minimum absolute atomic E-state index is 0.355. The van der Waals surface area contributed by atoms with Crippen LogP contribution in [0.4, 0.5) is 0 Å². The van der Waals surface area contributed by atoms with E-state index in [1.54, 1.807) is 0 Å². The number of thioether (sulfide) groups is 1. The highest BCUT2D eigenvalue weighted by molar-refractivity contribution is 7.98. The van der Waals surface area contributed by atoms with Gasteiger partial charge in [-0.3, -0.25) is 9.36 Å². The van der Waals surface area contributed by atoms with Crippen molar-refractivity contribution in [2.75, 3.05) is 0 Å². The Morgan fingerprint density at radius 3 is 2.61 bits per heavy atom. The smallest absolute Gasteiger partial charge is 0.258 e. The molecule has 2 aromatic carbocycles. The minimum Gasteiger partial charge on any atom is -0.858 e. The maximum Gasteiger partial charge on any atom is 0.258 e. The van der Waals surface area contributed by atoms with E-state index in [2.05, 4.69) is 4.98 Å². The molecule has 4 nitrogen and oxygen atoms in total. The third-order valence-corrected chi connectivity index (χ3v) is 4.34. The van der Waals surface area contributed by atoms with Crippen molar-refractivity contribution < 1.29 is 5.11 Å². The molecule has 0 fully saturated rings. The van der Waals surface area contributed by atoms with E-state index in [1.807, 2.05) is 61.5 Å². The van der Waals surface area contributed by atoms with Crippen LogP contribution in [0.2, 0.25) is 0 Å². The summed E-state index contributed by atoms with van der Waals surface area (Å²) in [6.07, 6.45) is 0. The van der Waals surface area contributed by atoms with Gasteiger partial charge in [0.2, 0.25) is 0 Å². The molecule has 0 unspecified atom stereocenters. The zero-order valence-corrected chi connectivity index (χ0v) is 13.4. The van der Waals surface area contributed by atoms with Crippen LogP contribution in [0.3, 0.4) is 0 Å². The lowest BCUT2D eigenvalue weighted by atomic mass is 10.2. The number of rotatable bonds is 4. The van der Waals surface area contributed by atoms with Crippen LogP contribution in [-0.2, 0) is 5.75 Å². The summed E-state index contributed by atoms with van der Waals surface area (Å²) in [5, 5.41) is 12.0. The molecule has 116 valence electrons. The van der Waals surface area contributed by atoms with E-state index in [0.717, 1.165) is 22.9 Å². The predicted octanol–water partition coefficient (Wildman–Crippen LogP) is 2.91. The van der Waals surface area contributed by atoms with Gasteiger partial charge in [0.1, 0.15) is 0 Å². The van der Waals surface area contributed by atoms with Gasteiger partial charge >= 0.3 is 0 Å². The Kier molecular flexibility index (Phi) is 4.48. The number of aromatic nitrogens is 2. The number of hydrogen-bond donors (Lipinski definition) is 0. The molecular formula is C18H15N2O2S-. The quantitative estimate of drug-likeness (QED) is 0.547. The van der Waals surface area contributed by atoms with Crippen LogP contribution >= 0.6 is 11.8 Å². The average molecular weight is 323 g/mol. The number of nitrogens with zero attached hydrogens (tertiary/aromatic N) is 2. The van der Waals surface area contributed by atoms with Crippen molar-refractivity contribution in [3.05, 3.63) is 82.1 Å². The Bertz CT molecular complexity index is 876. The van der Waals surface area contributed by atoms with Crippen molar-refractivity contribution in [1.29, 1.82) is 0 Å². The molecule has 0 saturated heterocycles. The van der Waals surface area contributed by atoms with Crippen LogP contribution in [0.1, 0.15) is 11.1 Å². The van der Waals surface area contributed by atoms with Gasteiger partial charge in [0.25, 0.3) is 5.56 Å². The molecule has 0 aliphatic rings.